The number of benzene rings is 2. The maximum atomic E-state index is 15.4. The summed E-state index contributed by atoms with van der Waals surface area (Å²) in [6.45, 7) is 2.29. The lowest BCUT2D eigenvalue weighted by Gasteiger charge is -2.40. The van der Waals surface area contributed by atoms with Gasteiger partial charge in [0.05, 0.1) is 16.3 Å². The first-order valence-corrected chi connectivity index (χ1v) is 14.9. The number of esters is 1. The fraction of sp³-hybridized carbons (Fsp3) is 0.469. The van der Waals surface area contributed by atoms with Crippen molar-refractivity contribution in [2.45, 2.75) is 90.0 Å². The number of carbonyl (C=O) groups excluding carboxylic acids is 2. The molecular weight excluding hydrogens is 585 g/mol. The first-order valence-electron chi connectivity index (χ1n) is 14.5. The number of ketones is 1. The highest BCUT2D eigenvalue weighted by Crippen LogP contribution is 2.48. The van der Waals surface area contributed by atoms with Gasteiger partial charge in [0.1, 0.15) is 28.9 Å². The molecule has 2 aliphatic heterocycles. The Morgan fingerprint density at radius 1 is 1.07 bits per heavy atom. The van der Waals surface area contributed by atoms with Crippen LogP contribution in [0.4, 0.5) is 18.9 Å². The third-order valence-electron chi connectivity index (χ3n) is 8.43. The number of rotatable bonds is 8. The van der Waals surface area contributed by atoms with Gasteiger partial charge in [0.15, 0.2) is 11.5 Å². The number of hydrogen-bond donors (Lipinski definition) is 0. The Morgan fingerprint density at radius 2 is 1.77 bits per heavy atom. The van der Waals surface area contributed by atoms with Crippen molar-refractivity contribution in [3.05, 3.63) is 64.1 Å². The van der Waals surface area contributed by atoms with E-state index in [-0.39, 0.29) is 51.4 Å². The normalized spacial score (nSPS) is 21.8. The number of nitrogens with zero attached hydrogens (tertiary/aromatic N) is 2. The average Bonchev–Trinajstić information content (AvgIpc) is 3.63. The molecule has 7 nitrogen and oxygen atoms in total. The fourth-order valence-corrected chi connectivity index (χ4v) is 6.60. The summed E-state index contributed by atoms with van der Waals surface area (Å²) in [5.74, 6) is -1.16. The van der Waals surface area contributed by atoms with E-state index < -0.39 is 29.9 Å². The van der Waals surface area contributed by atoms with Crippen LogP contribution in [-0.2, 0) is 4.74 Å². The van der Waals surface area contributed by atoms with Gasteiger partial charge in [-0.25, -0.2) is 9.18 Å². The van der Waals surface area contributed by atoms with Gasteiger partial charge in [0.25, 0.3) is 0 Å². The van der Waals surface area contributed by atoms with Crippen molar-refractivity contribution < 1.29 is 36.8 Å². The molecule has 2 bridgehead atoms. The van der Waals surface area contributed by atoms with E-state index in [2.05, 4.69) is 9.89 Å². The van der Waals surface area contributed by atoms with Gasteiger partial charge in [-0.1, -0.05) is 43.6 Å². The smallest absolute Gasteiger partial charge is 0.387 e. The van der Waals surface area contributed by atoms with Gasteiger partial charge >= 0.3 is 12.6 Å². The molecule has 0 radical (unpaired) electrons. The summed E-state index contributed by atoms with van der Waals surface area (Å²) in [5.41, 5.74) is 0.246. The lowest BCUT2D eigenvalue weighted by atomic mass is 9.86. The molecule has 2 saturated heterocycles. The maximum absolute atomic E-state index is 15.4. The van der Waals surface area contributed by atoms with Crippen molar-refractivity contribution in [3.63, 3.8) is 0 Å². The highest BCUT2D eigenvalue weighted by Gasteiger charge is 2.44. The number of Topliss-reactive ketones (excluding diaryl/α,β-unsaturated/α-hetero) is 1. The van der Waals surface area contributed by atoms with E-state index in [9.17, 15) is 18.4 Å². The second-order valence-electron chi connectivity index (χ2n) is 12.6. The van der Waals surface area contributed by atoms with Gasteiger partial charge < -0.3 is 18.9 Å². The third-order valence-corrected chi connectivity index (χ3v) is 8.75. The van der Waals surface area contributed by atoms with Crippen LogP contribution < -0.4 is 9.64 Å². The minimum atomic E-state index is -3.11. The standard InChI is InChI=1S/C32H32ClF3N2O5/c1-32(2,3)29(39)17-9-12-23(22(34)13-17)38-18-10-11-19(38)15-20(14-18)41-30(40)26-27(37-43-28(26)16-7-8-16)25-21(33)5-4-6-24(25)42-31(35)36/h4-6,9,12-13,16,18-20,31H,7-8,10-11,14-15H2,1-3H3/t18-,19+,20?. The first kappa shape index (κ1) is 29.5. The lowest BCUT2D eigenvalue weighted by molar-refractivity contribution is -0.0494. The fourth-order valence-electron chi connectivity index (χ4n) is 6.34. The quantitative estimate of drug-likeness (QED) is 0.186. The summed E-state index contributed by atoms with van der Waals surface area (Å²) < 4.78 is 58.0. The Kier molecular flexibility index (Phi) is 7.69. The highest BCUT2D eigenvalue weighted by atomic mass is 35.5. The molecule has 3 atom stereocenters. The molecule has 6 rings (SSSR count). The second-order valence-corrected chi connectivity index (χ2v) is 13.0. The lowest BCUT2D eigenvalue weighted by Crippen LogP contribution is -2.46. The molecule has 3 heterocycles. The zero-order chi connectivity index (χ0) is 30.6. The molecule has 1 aliphatic carbocycles. The minimum absolute atomic E-state index is 0.000484. The summed E-state index contributed by atoms with van der Waals surface area (Å²) in [4.78, 5) is 28.4. The summed E-state index contributed by atoms with van der Waals surface area (Å²) in [6, 6.07) is 8.81. The van der Waals surface area contributed by atoms with Gasteiger partial charge in [-0.3, -0.25) is 4.79 Å². The van der Waals surface area contributed by atoms with Crippen molar-refractivity contribution in [2.24, 2.45) is 5.41 Å². The molecule has 0 amide bonds. The number of piperidine rings is 1. The number of ether oxygens (including phenoxy) is 2. The van der Waals surface area contributed by atoms with Crippen molar-refractivity contribution in [1.82, 2.24) is 5.16 Å². The van der Waals surface area contributed by atoms with Crippen molar-refractivity contribution in [1.29, 1.82) is 0 Å². The number of hydrogen-bond acceptors (Lipinski definition) is 7. The molecule has 0 N–H and O–H groups in total. The van der Waals surface area contributed by atoms with E-state index in [1.807, 2.05) is 4.90 Å². The monoisotopic (exact) mass is 616 g/mol. The highest BCUT2D eigenvalue weighted by molar-refractivity contribution is 6.33. The largest absolute Gasteiger partial charge is 0.458 e. The molecule has 228 valence electrons. The molecule has 3 fully saturated rings. The van der Waals surface area contributed by atoms with Crippen LogP contribution in [0.15, 0.2) is 40.9 Å². The molecule has 1 aromatic heterocycles. The van der Waals surface area contributed by atoms with Crippen LogP contribution in [-0.4, -0.2) is 41.7 Å². The molecule has 11 heteroatoms. The average molecular weight is 617 g/mol. The van der Waals surface area contributed by atoms with E-state index >= 15 is 4.39 Å². The Morgan fingerprint density at radius 3 is 2.37 bits per heavy atom. The molecular formula is C32H32ClF3N2O5. The number of aromatic nitrogens is 1. The number of carbonyl (C=O) groups is 2. The maximum Gasteiger partial charge on any atom is 0.387 e. The first-order chi connectivity index (χ1) is 20.4. The Bertz CT molecular complexity index is 1550. The van der Waals surface area contributed by atoms with Gasteiger partial charge in [-0.2, -0.15) is 8.78 Å². The van der Waals surface area contributed by atoms with Gasteiger partial charge in [0, 0.05) is 41.8 Å². The van der Waals surface area contributed by atoms with Crippen LogP contribution in [0.3, 0.4) is 0 Å². The Hall–Kier alpha value is -3.53. The molecule has 3 aromatic rings. The van der Waals surface area contributed by atoms with E-state index in [1.54, 1.807) is 32.9 Å². The zero-order valence-electron chi connectivity index (χ0n) is 24.0. The minimum Gasteiger partial charge on any atom is -0.458 e. The molecule has 2 aromatic carbocycles. The van der Waals surface area contributed by atoms with E-state index in [1.165, 1.54) is 24.3 Å². The Balaban J connectivity index is 1.23. The van der Waals surface area contributed by atoms with E-state index in [0.29, 0.717) is 29.9 Å². The van der Waals surface area contributed by atoms with E-state index in [0.717, 1.165) is 25.7 Å². The van der Waals surface area contributed by atoms with Crippen molar-refractivity contribution in [3.8, 4) is 17.0 Å². The van der Waals surface area contributed by atoms with Crippen LogP contribution in [0, 0.1) is 11.2 Å². The molecule has 43 heavy (non-hydrogen) atoms. The predicted molar refractivity (Wildman–Crippen MR) is 153 cm³/mol. The van der Waals surface area contributed by atoms with Gasteiger partial charge in [0.2, 0.25) is 0 Å². The molecule has 3 aliphatic rings. The number of anilines is 1. The number of halogens is 4. The summed E-state index contributed by atoms with van der Waals surface area (Å²) in [7, 11) is 0. The SMILES string of the molecule is CC(C)(C)C(=O)c1ccc(N2[C@@H]3CC[C@H]2CC(OC(=O)c2c(-c4c(Cl)cccc4OC(F)F)noc2C2CC2)C3)c(F)c1. The topological polar surface area (TPSA) is 81.9 Å². The number of fused-ring (bicyclic) bond motifs is 2. The van der Waals surface area contributed by atoms with Crippen LogP contribution in [0.25, 0.3) is 11.3 Å². The Labute approximate surface area is 252 Å². The predicted octanol–water partition coefficient (Wildman–Crippen LogP) is 8.20. The van der Waals surface area contributed by atoms with Crippen LogP contribution in [0.2, 0.25) is 5.02 Å². The molecule has 1 saturated carbocycles. The van der Waals surface area contributed by atoms with Gasteiger partial charge in [-0.05, 0) is 56.0 Å². The second kappa shape index (κ2) is 11.2. The van der Waals surface area contributed by atoms with Crippen LogP contribution in [0.5, 0.6) is 5.75 Å². The summed E-state index contributed by atoms with van der Waals surface area (Å²) in [6.07, 6.45) is 3.72. The summed E-state index contributed by atoms with van der Waals surface area (Å²) >= 11 is 6.39. The van der Waals surface area contributed by atoms with Crippen LogP contribution >= 0.6 is 11.6 Å². The van der Waals surface area contributed by atoms with Crippen molar-refractivity contribution >= 4 is 29.0 Å². The van der Waals surface area contributed by atoms with Crippen LogP contribution in [0.1, 0.15) is 91.7 Å². The van der Waals surface area contributed by atoms with E-state index in [4.69, 9.17) is 20.9 Å². The third kappa shape index (κ3) is 5.73. The molecule has 1 unspecified atom stereocenters. The molecule has 0 spiro atoms. The number of alkyl halides is 2. The van der Waals surface area contributed by atoms with Crippen molar-refractivity contribution in [2.75, 3.05) is 4.90 Å². The van der Waals surface area contributed by atoms with Gasteiger partial charge in [-0.15, -0.1) is 0 Å². The zero-order valence-corrected chi connectivity index (χ0v) is 24.8. The summed E-state index contributed by atoms with van der Waals surface area (Å²) in [5, 5.41) is 4.15.